The number of aromatic nitrogens is 5. The first-order chi connectivity index (χ1) is 12.2. The van der Waals surface area contributed by atoms with Crippen LogP contribution >= 0.6 is 34.7 Å². The van der Waals surface area contributed by atoms with E-state index in [-0.39, 0.29) is 0 Å². The fraction of sp³-hybridized carbons (Fsp3) is 0.200. The minimum atomic E-state index is 0.465. The Morgan fingerprint density at radius 2 is 2.28 bits per heavy atom. The molecule has 4 aromatic rings. The zero-order valence-corrected chi connectivity index (χ0v) is 15.4. The molecule has 7 nitrogen and oxygen atoms in total. The summed E-state index contributed by atoms with van der Waals surface area (Å²) in [6, 6.07) is 5.50. The molecule has 0 aliphatic rings. The van der Waals surface area contributed by atoms with Crippen molar-refractivity contribution in [3.63, 3.8) is 0 Å². The molecule has 0 saturated heterocycles. The van der Waals surface area contributed by atoms with E-state index in [4.69, 9.17) is 20.5 Å². The van der Waals surface area contributed by atoms with E-state index in [9.17, 15) is 0 Å². The molecule has 0 fully saturated rings. The number of thiophene rings is 1. The Morgan fingerprint density at radius 1 is 1.36 bits per heavy atom. The minimum absolute atomic E-state index is 0.465. The first-order valence-corrected chi connectivity index (χ1v) is 9.65. The maximum atomic E-state index is 5.94. The van der Waals surface area contributed by atoms with E-state index in [0.717, 1.165) is 17.3 Å². The lowest BCUT2D eigenvalue weighted by Gasteiger charge is -2.04. The van der Waals surface area contributed by atoms with E-state index in [1.807, 2.05) is 29.0 Å². The second-order valence-electron chi connectivity index (χ2n) is 4.97. The van der Waals surface area contributed by atoms with Crippen LogP contribution in [0.1, 0.15) is 12.7 Å². The average Bonchev–Trinajstić information content (AvgIpc) is 3.38. The maximum Gasteiger partial charge on any atom is 0.258 e. The van der Waals surface area contributed by atoms with Crippen LogP contribution in [-0.4, -0.2) is 24.9 Å². The van der Waals surface area contributed by atoms with Crippen LogP contribution in [0.15, 0.2) is 43.9 Å². The molecule has 0 N–H and O–H groups in total. The second-order valence-corrected chi connectivity index (χ2v) is 7.46. The van der Waals surface area contributed by atoms with Crippen molar-refractivity contribution in [3.8, 4) is 23.0 Å². The van der Waals surface area contributed by atoms with Gasteiger partial charge in [-0.2, -0.15) is 4.98 Å². The van der Waals surface area contributed by atoms with Crippen molar-refractivity contribution >= 4 is 34.7 Å². The van der Waals surface area contributed by atoms with E-state index >= 15 is 0 Å². The number of furan rings is 1. The average molecular weight is 394 g/mol. The standard InChI is InChI=1S/C15H12ClN5O2S2/c1-2-21-13(10-4-3-5-22-10)18-19-15(21)25-8-12-17-14(23-20-12)9-6-11(16)24-7-9/h3-7H,2,8H2,1H3. The van der Waals surface area contributed by atoms with Crippen LogP contribution in [0.5, 0.6) is 0 Å². The van der Waals surface area contributed by atoms with Gasteiger partial charge in [-0.15, -0.1) is 21.5 Å². The Hall–Kier alpha value is -2.10. The predicted octanol–water partition coefficient (Wildman–Crippen LogP) is 4.62. The van der Waals surface area contributed by atoms with E-state index in [2.05, 4.69) is 20.3 Å². The fourth-order valence-corrected chi connectivity index (χ4v) is 3.95. The summed E-state index contributed by atoms with van der Waals surface area (Å²) < 4.78 is 13.4. The van der Waals surface area contributed by atoms with E-state index < -0.39 is 0 Å². The van der Waals surface area contributed by atoms with E-state index in [1.54, 1.807) is 12.3 Å². The zero-order valence-electron chi connectivity index (χ0n) is 13.0. The Labute approximate surface area is 156 Å². The van der Waals surface area contributed by atoms with Crippen LogP contribution in [0.4, 0.5) is 0 Å². The van der Waals surface area contributed by atoms with Crippen LogP contribution in [0.25, 0.3) is 23.0 Å². The number of thioether (sulfide) groups is 1. The lowest BCUT2D eigenvalue weighted by Crippen LogP contribution is -1.99. The third-order valence-corrected chi connectivity index (χ3v) is 5.44. The Balaban J connectivity index is 1.49. The lowest BCUT2D eigenvalue weighted by atomic mass is 10.3. The second kappa shape index (κ2) is 7.03. The van der Waals surface area contributed by atoms with Gasteiger partial charge in [0.2, 0.25) is 0 Å². The minimum Gasteiger partial charge on any atom is -0.461 e. The normalized spacial score (nSPS) is 11.3. The Bertz CT molecular complexity index is 976. The van der Waals surface area contributed by atoms with Gasteiger partial charge < -0.3 is 8.94 Å². The summed E-state index contributed by atoms with van der Waals surface area (Å²) in [6.45, 7) is 2.77. The molecule has 0 aromatic carbocycles. The van der Waals surface area contributed by atoms with E-state index in [1.165, 1.54) is 23.1 Å². The molecule has 0 bridgehead atoms. The van der Waals surface area contributed by atoms with Crippen molar-refractivity contribution in [1.29, 1.82) is 0 Å². The molecule has 0 amide bonds. The molecule has 4 aromatic heterocycles. The smallest absolute Gasteiger partial charge is 0.258 e. The molecule has 25 heavy (non-hydrogen) atoms. The quantitative estimate of drug-likeness (QED) is 0.442. The molecule has 0 saturated carbocycles. The van der Waals surface area contributed by atoms with Crippen LogP contribution in [-0.2, 0) is 12.3 Å². The Kier molecular flexibility index (Phi) is 4.60. The summed E-state index contributed by atoms with van der Waals surface area (Å²) in [7, 11) is 0. The first kappa shape index (κ1) is 16.4. The molecule has 0 radical (unpaired) electrons. The number of nitrogens with zero attached hydrogens (tertiary/aromatic N) is 5. The highest BCUT2D eigenvalue weighted by Gasteiger charge is 2.17. The maximum absolute atomic E-state index is 5.94. The van der Waals surface area contributed by atoms with Crippen molar-refractivity contribution in [3.05, 3.63) is 40.0 Å². The first-order valence-electron chi connectivity index (χ1n) is 7.41. The Morgan fingerprint density at radius 3 is 3.00 bits per heavy atom. The van der Waals surface area contributed by atoms with Crippen LogP contribution in [0.3, 0.4) is 0 Å². The summed E-state index contributed by atoms with van der Waals surface area (Å²) in [4.78, 5) is 4.39. The summed E-state index contributed by atoms with van der Waals surface area (Å²) in [5.74, 6) is 2.98. The van der Waals surface area contributed by atoms with Crippen LogP contribution in [0, 0.1) is 0 Å². The number of rotatable bonds is 6. The van der Waals surface area contributed by atoms with Gasteiger partial charge in [0.25, 0.3) is 5.89 Å². The van der Waals surface area contributed by atoms with Gasteiger partial charge in [0, 0.05) is 11.9 Å². The van der Waals surface area contributed by atoms with Crippen molar-refractivity contribution in [2.75, 3.05) is 0 Å². The zero-order chi connectivity index (χ0) is 17.2. The van der Waals surface area contributed by atoms with Gasteiger partial charge in [-0.3, -0.25) is 4.57 Å². The van der Waals surface area contributed by atoms with Crippen molar-refractivity contribution in [2.24, 2.45) is 0 Å². The third kappa shape index (κ3) is 3.35. The number of hydrogen-bond donors (Lipinski definition) is 0. The van der Waals surface area contributed by atoms with Crippen molar-refractivity contribution in [2.45, 2.75) is 24.4 Å². The van der Waals surface area contributed by atoms with Gasteiger partial charge in [0.1, 0.15) is 0 Å². The summed E-state index contributed by atoms with van der Waals surface area (Å²) in [5.41, 5.74) is 0.829. The predicted molar refractivity (Wildman–Crippen MR) is 95.6 cm³/mol. The van der Waals surface area contributed by atoms with Gasteiger partial charge in [-0.1, -0.05) is 28.5 Å². The summed E-state index contributed by atoms with van der Waals surface area (Å²) >= 11 is 8.86. The topological polar surface area (TPSA) is 82.8 Å². The van der Waals surface area contributed by atoms with Gasteiger partial charge >= 0.3 is 0 Å². The third-order valence-electron chi connectivity index (χ3n) is 3.39. The molecule has 10 heteroatoms. The summed E-state index contributed by atoms with van der Waals surface area (Å²) in [6.07, 6.45) is 1.62. The molecule has 0 aliphatic carbocycles. The molecule has 0 spiro atoms. The molecule has 128 valence electrons. The molecular formula is C15H12ClN5O2S2. The molecular weight excluding hydrogens is 382 g/mol. The van der Waals surface area contributed by atoms with Gasteiger partial charge in [-0.05, 0) is 25.1 Å². The number of halogens is 1. The van der Waals surface area contributed by atoms with Gasteiger partial charge in [0.15, 0.2) is 22.6 Å². The summed E-state index contributed by atoms with van der Waals surface area (Å²) in [5, 5.41) is 15.1. The highest BCUT2D eigenvalue weighted by atomic mass is 35.5. The highest BCUT2D eigenvalue weighted by Crippen LogP contribution is 2.29. The van der Waals surface area contributed by atoms with Crippen molar-refractivity contribution in [1.82, 2.24) is 24.9 Å². The molecule has 0 unspecified atom stereocenters. The fourth-order valence-electron chi connectivity index (χ4n) is 2.25. The highest BCUT2D eigenvalue weighted by molar-refractivity contribution is 7.98. The van der Waals surface area contributed by atoms with Gasteiger partial charge in [-0.25, -0.2) is 0 Å². The molecule has 0 aliphatic heterocycles. The SMILES string of the molecule is CCn1c(SCc2noc(-c3csc(Cl)c3)n2)nnc1-c1ccco1. The monoisotopic (exact) mass is 393 g/mol. The van der Waals surface area contributed by atoms with Crippen molar-refractivity contribution < 1.29 is 8.94 Å². The van der Waals surface area contributed by atoms with Crippen LogP contribution < -0.4 is 0 Å². The largest absolute Gasteiger partial charge is 0.461 e. The van der Waals surface area contributed by atoms with Crippen LogP contribution in [0.2, 0.25) is 4.34 Å². The van der Waals surface area contributed by atoms with Gasteiger partial charge in [0.05, 0.1) is 21.9 Å². The molecule has 4 rings (SSSR count). The molecule has 4 heterocycles. The van der Waals surface area contributed by atoms with E-state index in [0.29, 0.717) is 33.4 Å². The lowest BCUT2D eigenvalue weighted by molar-refractivity contribution is 0.425. The number of hydrogen-bond acceptors (Lipinski definition) is 8. The molecule has 0 atom stereocenters.